The van der Waals surface area contributed by atoms with Crippen LogP contribution in [0, 0.1) is 11.6 Å². The molecule has 0 aromatic heterocycles. The first kappa shape index (κ1) is 14.2. The van der Waals surface area contributed by atoms with Gasteiger partial charge in [-0.05, 0) is 35.7 Å². The van der Waals surface area contributed by atoms with Gasteiger partial charge in [0.2, 0.25) is 0 Å². The third-order valence-corrected chi connectivity index (χ3v) is 3.96. The van der Waals surface area contributed by atoms with Crippen LogP contribution in [0.3, 0.4) is 0 Å². The molecule has 0 radical (unpaired) electrons. The number of fused-ring (bicyclic) bond motifs is 1. The average Bonchev–Trinajstić information content (AvgIpc) is 2.49. The van der Waals surface area contributed by atoms with E-state index in [0.717, 1.165) is 37.7 Å². The molecule has 1 unspecified atom stereocenters. The maximum Gasteiger partial charge on any atom is 0.129 e. The molecule has 0 bridgehead atoms. The minimum absolute atomic E-state index is 0.0221. The molecule has 2 aromatic rings. The molecular weight excluding hydrogens is 272 g/mol. The summed E-state index contributed by atoms with van der Waals surface area (Å²) in [7, 11) is 0. The highest BCUT2D eigenvalue weighted by atomic mass is 19.1. The Kier molecular flexibility index (Phi) is 3.99. The number of rotatable bonds is 3. The fourth-order valence-corrected chi connectivity index (χ4v) is 2.82. The Hall–Kier alpha value is -1.78. The van der Waals surface area contributed by atoms with Gasteiger partial charge in [0.05, 0.1) is 6.10 Å². The molecule has 110 valence electrons. The van der Waals surface area contributed by atoms with E-state index in [9.17, 15) is 13.9 Å². The Bertz CT molecular complexity index is 644. The van der Waals surface area contributed by atoms with Crippen LogP contribution in [0.25, 0.3) is 0 Å². The van der Waals surface area contributed by atoms with Crippen LogP contribution in [-0.4, -0.2) is 23.1 Å². The van der Waals surface area contributed by atoms with Crippen molar-refractivity contribution < 1.29 is 13.9 Å². The van der Waals surface area contributed by atoms with E-state index in [4.69, 9.17) is 0 Å². The van der Waals surface area contributed by atoms with Gasteiger partial charge in [0.1, 0.15) is 11.6 Å². The second-order valence-corrected chi connectivity index (χ2v) is 5.44. The zero-order chi connectivity index (χ0) is 14.8. The smallest absolute Gasteiger partial charge is 0.129 e. The van der Waals surface area contributed by atoms with E-state index in [2.05, 4.69) is 17.0 Å². The van der Waals surface area contributed by atoms with Gasteiger partial charge in [0.25, 0.3) is 0 Å². The van der Waals surface area contributed by atoms with E-state index in [1.54, 1.807) is 0 Å². The molecular formula is C17H17F2NO. The summed E-state index contributed by atoms with van der Waals surface area (Å²) in [5.41, 5.74) is 2.57. The van der Waals surface area contributed by atoms with E-state index in [-0.39, 0.29) is 5.56 Å². The van der Waals surface area contributed by atoms with Crippen molar-refractivity contribution in [1.29, 1.82) is 0 Å². The molecule has 1 atom stereocenters. The molecule has 4 heteroatoms. The van der Waals surface area contributed by atoms with Crippen molar-refractivity contribution in [2.45, 2.75) is 19.1 Å². The minimum atomic E-state index is -1.02. The van der Waals surface area contributed by atoms with Crippen LogP contribution < -0.4 is 0 Å². The van der Waals surface area contributed by atoms with Gasteiger partial charge in [0, 0.05) is 25.2 Å². The van der Waals surface area contributed by atoms with Crippen molar-refractivity contribution in [2.24, 2.45) is 0 Å². The molecule has 2 nitrogen and oxygen atoms in total. The lowest BCUT2D eigenvalue weighted by molar-refractivity contribution is 0.103. The third kappa shape index (κ3) is 3.12. The molecule has 0 amide bonds. The molecule has 1 N–H and O–H groups in total. The Balaban J connectivity index is 1.71. The highest BCUT2D eigenvalue weighted by Gasteiger charge is 2.21. The van der Waals surface area contributed by atoms with Crippen LogP contribution in [0.15, 0.2) is 42.5 Å². The van der Waals surface area contributed by atoms with E-state index in [1.807, 2.05) is 12.1 Å². The fraction of sp³-hybridized carbons (Fsp3) is 0.294. The number of β-amino-alcohol motifs (C(OH)–C–C–N with tert-alkyl or cyclic N) is 1. The summed E-state index contributed by atoms with van der Waals surface area (Å²) in [6, 6.07) is 11.4. The Morgan fingerprint density at radius 1 is 1.10 bits per heavy atom. The summed E-state index contributed by atoms with van der Waals surface area (Å²) < 4.78 is 26.9. The summed E-state index contributed by atoms with van der Waals surface area (Å²) in [5, 5.41) is 10.2. The van der Waals surface area contributed by atoms with E-state index >= 15 is 0 Å². The first-order valence-corrected chi connectivity index (χ1v) is 7.05. The zero-order valence-corrected chi connectivity index (χ0v) is 11.6. The van der Waals surface area contributed by atoms with E-state index < -0.39 is 17.7 Å². The van der Waals surface area contributed by atoms with Crippen molar-refractivity contribution in [3.63, 3.8) is 0 Å². The van der Waals surface area contributed by atoms with Gasteiger partial charge >= 0.3 is 0 Å². The molecule has 1 aliphatic rings. The first-order valence-electron chi connectivity index (χ1n) is 7.05. The van der Waals surface area contributed by atoms with Crippen molar-refractivity contribution in [3.05, 3.63) is 70.8 Å². The molecule has 1 aliphatic heterocycles. The Morgan fingerprint density at radius 2 is 1.86 bits per heavy atom. The highest BCUT2D eigenvalue weighted by Crippen LogP contribution is 2.23. The zero-order valence-electron chi connectivity index (χ0n) is 11.6. The average molecular weight is 289 g/mol. The number of benzene rings is 2. The van der Waals surface area contributed by atoms with Crippen LogP contribution in [0.1, 0.15) is 22.8 Å². The molecule has 1 heterocycles. The number of hydrogen-bond acceptors (Lipinski definition) is 2. The molecule has 0 saturated carbocycles. The normalized spacial score (nSPS) is 16.5. The second-order valence-electron chi connectivity index (χ2n) is 5.44. The van der Waals surface area contributed by atoms with Gasteiger partial charge < -0.3 is 5.11 Å². The third-order valence-electron chi connectivity index (χ3n) is 3.96. The molecule has 0 fully saturated rings. The number of aliphatic hydroxyl groups excluding tert-OH is 1. The minimum Gasteiger partial charge on any atom is -0.387 e. The largest absolute Gasteiger partial charge is 0.387 e. The van der Waals surface area contributed by atoms with Gasteiger partial charge in [-0.15, -0.1) is 0 Å². The standard InChI is InChI=1S/C17H17F2NO/c18-14-5-6-16(19)15(9-14)17(21)11-20-8-7-12-3-1-2-4-13(12)10-20/h1-6,9,17,21H,7-8,10-11H2. The van der Waals surface area contributed by atoms with Gasteiger partial charge in [-0.3, -0.25) is 4.90 Å². The predicted octanol–water partition coefficient (Wildman–Crippen LogP) is 3.06. The van der Waals surface area contributed by atoms with Crippen molar-refractivity contribution in [2.75, 3.05) is 13.1 Å². The van der Waals surface area contributed by atoms with Crippen LogP contribution >= 0.6 is 0 Å². The lowest BCUT2D eigenvalue weighted by atomic mass is 9.99. The molecule has 21 heavy (non-hydrogen) atoms. The van der Waals surface area contributed by atoms with Crippen molar-refractivity contribution in [3.8, 4) is 0 Å². The maximum absolute atomic E-state index is 13.7. The van der Waals surface area contributed by atoms with Gasteiger partial charge in [-0.2, -0.15) is 0 Å². The van der Waals surface area contributed by atoms with Crippen LogP contribution in [-0.2, 0) is 13.0 Å². The Labute approximate surface area is 122 Å². The van der Waals surface area contributed by atoms with E-state index in [1.165, 1.54) is 11.1 Å². The second kappa shape index (κ2) is 5.92. The fourth-order valence-electron chi connectivity index (χ4n) is 2.82. The number of nitrogens with zero attached hydrogens (tertiary/aromatic N) is 1. The number of halogens is 2. The maximum atomic E-state index is 13.7. The van der Waals surface area contributed by atoms with Gasteiger partial charge in [-0.1, -0.05) is 24.3 Å². The molecule has 0 spiro atoms. The summed E-state index contributed by atoms with van der Waals surface area (Å²) in [6.45, 7) is 1.84. The predicted molar refractivity (Wildman–Crippen MR) is 76.7 cm³/mol. The van der Waals surface area contributed by atoms with Crippen molar-refractivity contribution in [1.82, 2.24) is 4.90 Å². The molecule has 3 rings (SSSR count). The van der Waals surface area contributed by atoms with E-state index in [0.29, 0.717) is 6.54 Å². The number of hydrogen-bond donors (Lipinski definition) is 1. The number of aliphatic hydroxyl groups is 1. The highest BCUT2D eigenvalue weighted by molar-refractivity contribution is 5.29. The first-order chi connectivity index (χ1) is 10.1. The lowest BCUT2D eigenvalue weighted by Gasteiger charge is -2.30. The SMILES string of the molecule is OC(CN1CCc2ccccc2C1)c1cc(F)ccc1F. The van der Waals surface area contributed by atoms with Crippen LogP contribution in [0.2, 0.25) is 0 Å². The van der Waals surface area contributed by atoms with Gasteiger partial charge in [0.15, 0.2) is 0 Å². The van der Waals surface area contributed by atoms with Crippen molar-refractivity contribution >= 4 is 0 Å². The Morgan fingerprint density at radius 3 is 2.67 bits per heavy atom. The summed E-state index contributed by atoms with van der Waals surface area (Å²) >= 11 is 0. The molecule has 0 aliphatic carbocycles. The quantitative estimate of drug-likeness (QED) is 0.938. The topological polar surface area (TPSA) is 23.5 Å². The van der Waals surface area contributed by atoms with Gasteiger partial charge in [-0.25, -0.2) is 8.78 Å². The molecule has 0 saturated heterocycles. The summed E-state index contributed by atoms with van der Waals surface area (Å²) in [5.74, 6) is -1.10. The summed E-state index contributed by atoms with van der Waals surface area (Å²) in [6.07, 6.45) is -0.111. The lowest BCUT2D eigenvalue weighted by Crippen LogP contribution is -2.34. The van der Waals surface area contributed by atoms with Crippen LogP contribution in [0.4, 0.5) is 8.78 Å². The van der Waals surface area contributed by atoms with Crippen LogP contribution in [0.5, 0.6) is 0 Å². The molecule has 2 aromatic carbocycles. The monoisotopic (exact) mass is 289 g/mol. The summed E-state index contributed by atoms with van der Waals surface area (Å²) in [4.78, 5) is 2.07.